The molecule has 2 unspecified atom stereocenters. The van der Waals surface area contributed by atoms with Crippen LogP contribution in [0.2, 0.25) is 0 Å². The van der Waals surface area contributed by atoms with Gasteiger partial charge in [-0.1, -0.05) is 6.92 Å². The third kappa shape index (κ3) is 2.13. The van der Waals surface area contributed by atoms with Gasteiger partial charge in [-0.05, 0) is 26.2 Å². The van der Waals surface area contributed by atoms with Crippen molar-refractivity contribution >= 4 is 5.91 Å². The maximum atomic E-state index is 12.1. The average Bonchev–Trinajstić information content (AvgIpc) is 2.74. The van der Waals surface area contributed by atoms with Crippen molar-refractivity contribution in [1.82, 2.24) is 4.90 Å². The van der Waals surface area contributed by atoms with Gasteiger partial charge >= 0.3 is 0 Å². The maximum Gasteiger partial charge on any atom is 0.243 e. The topological polar surface area (TPSA) is 64.3 Å². The summed E-state index contributed by atoms with van der Waals surface area (Å²) in [4.78, 5) is 13.8. The van der Waals surface area contributed by atoms with Gasteiger partial charge in [0.1, 0.15) is 5.41 Å². The van der Waals surface area contributed by atoms with Crippen molar-refractivity contribution < 1.29 is 9.90 Å². The Hall–Kier alpha value is -1.08. The van der Waals surface area contributed by atoms with Crippen LogP contribution in [0.4, 0.5) is 0 Å². The number of likely N-dealkylation sites (tertiary alicyclic amines) is 1. The van der Waals surface area contributed by atoms with E-state index in [1.165, 1.54) is 0 Å². The number of carbonyl (C=O) groups excluding carboxylic acids is 1. The summed E-state index contributed by atoms with van der Waals surface area (Å²) in [5.41, 5.74) is -0.933. The summed E-state index contributed by atoms with van der Waals surface area (Å²) in [6.45, 7) is 4.17. The Morgan fingerprint density at radius 3 is 2.87 bits per heavy atom. The fourth-order valence-corrected chi connectivity index (χ4v) is 1.89. The summed E-state index contributed by atoms with van der Waals surface area (Å²) in [6.07, 6.45) is 2.27. The predicted molar refractivity (Wildman–Crippen MR) is 55.8 cm³/mol. The zero-order valence-electron chi connectivity index (χ0n) is 9.36. The highest BCUT2D eigenvalue weighted by molar-refractivity contribution is 5.85. The maximum absolute atomic E-state index is 12.1. The van der Waals surface area contributed by atoms with Gasteiger partial charge in [-0.2, -0.15) is 5.26 Å². The second-order valence-corrected chi connectivity index (χ2v) is 4.27. The Kier molecular flexibility index (Phi) is 3.70. The third-order valence-corrected chi connectivity index (χ3v) is 3.27. The third-order valence-electron chi connectivity index (χ3n) is 3.27. The molecule has 2 atom stereocenters. The first kappa shape index (κ1) is 12.0. The molecule has 0 radical (unpaired) electrons. The van der Waals surface area contributed by atoms with Crippen molar-refractivity contribution in [3.8, 4) is 6.07 Å². The fourth-order valence-electron chi connectivity index (χ4n) is 1.89. The van der Waals surface area contributed by atoms with Crippen molar-refractivity contribution in [1.29, 1.82) is 5.26 Å². The van der Waals surface area contributed by atoms with E-state index in [2.05, 4.69) is 6.07 Å². The van der Waals surface area contributed by atoms with Gasteiger partial charge in [-0.15, -0.1) is 0 Å². The van der Waals surface area contributed by atoms with Crippen LogP contribution in [0.3, 0.4) is 0 Å². The summed E-state index contributed by atoms with van der Waals surface area (Å²) < 4.78 is 0. The Bertz CT molecular complexity index is 285. The molecule has 0 aromatic heterocycles. The Morgan fingerprint density at radius 2 is 2.40 bits per heavy atom. The van der Waals surface area contributed by atoms with Crippen molar-refractivity contribution in [2.24, 2.45) is 5.41 Å². The number of aliphatic hydroxyl groups excluding tert-OH is 1. The zero-order valence-corrected chi connectivity index (χ0v) is 9.36. The summed E-state index contributed by atoms with van der Waals surface area (Å²) in [5, 5.41) is 18.1. The van der Waals surface area contributed by atoms with Gasteiger partial charge in [0.05, 0.1) is 18.7 Å². The normalized spacial score (nSPS) is 24.7. The van der Waals surface area contributed by atoms with Crippen molar-refractivity contribution in [3.63, 3.8) is 0 Å². The van der Waals surface area contributed by atoms with Gasteiger partial charge in [0.2, 0.25) is 5.91 Å². The quantitative estimate of drug-likeness (QED) is 0.753. The van der Waals surface area contributed by atoms with Crippen LogP contribution in [-0.2, 0) is 4.79 Å². The van der Waals surface area contributed by atoms with E-state index in [9.17, 15) is 4.79 Å². The summed E-state index contributed by atoms with van der Waals surface area (Å²) in [7, 11) is 0. The van der Waals surface area contributed by atoms with Crippen LogP contribution < -0.4 is 0 Å². The molecule has 0 aromatic carbocycles. The Balaban J connectivity index is 2.80. The largest absolute Gasteiger partial charge is 0.394 e. The van der Waals surface area contributed by atoms with E-state index in [0.29, 0.717) is 13.0 Å². The van der Waals surface area contributed by atoms with Crippen LogP contribution in [0.15, 0.2) is 0 Å². The van der Waals surface area contributed by atoms with Crippen LogP contribution >= 0.6 is 0 Å². The second-order valence-electron chi connectivity index (χ2n) is 4.27. The van der Waals surface area contributed by atoms with Gasteiger partial charge in [0.15, 0.2) is 0 Å². The number of nitriles is 1. The fraction of sp³-hybridized carbons (Fsp3) is 0.818. The van der Waals surface area contributed by atoms with Crippen LogP contribution in [0.1, 0.15) is 33.1 Å². The number of hydrogen-bond acceptors (Lipinski definition) is 3. The van der Waals surface area contributed by atoms with E-state index in [-0.39, 0.29) is 18.6 Å². The lowest BCUT2D eigenvalue weighted by atomic mass is 9.87. The molecule has 1 fully saturated rings. The molecule has 1 rings (SSSR count). The molecular formula is C11H18N2O2. The molecule has 84 valence electrons. The van der Waals surface area contributed by atoms with E-state index in [0.717, 1.165) is 12.8 Å². The van der Waals surface area contributed by atoms with Gasteiger partial charge in [-0.25, -0.2) is 0 Å². The molecule has 0 aromatic rings. The zero-order chi connectivity index (χ0) is 11.5. The highest BCUT2D eigenvalue weighted by atomic mass is 16.3. The standard InChI is InChI=1S/C11H18N2O2/c1-3-11(2,8-12)10(15)13-6-4-5-9(13)7-14/h9,14H,3-7H2,1-2H3. The number of nitrogens with zero attached hydrogens (tertiary/aromatic N) is 2. The number of aliphatic hydroxyl groups is 1. The van der Waals surface area contributed by atoms with Crippen molar-refractivity contribution in [2.45, 2.75) is 39.2 Å². The molecule has 0 aliphatic carbocycles. The molecule has 1 amide bonds. The summed E-state index contributed by atoms with van der Waals surface area (Å²) in [5.74, 6) is -0.135. The van der Waals surface area contributed by atoms with Crippen LogP contribution in [0.5, 0.6) is 0 Å². The summed E-state index contributed by atoms with van der Waals surface area (Å²) in [6, 6.07) is 1.99. The first-order valence-electron chi connectivity index (χ1n) is 5.42. The molecule has 4 heteroatoms. The van der Waals surface area contributed by atoms with Crippen LogP contribution in [-0.4, -0.2) is 35.1 Å². The minimum atomic E-state index is -0.933. The molecule has 1 heterocycles. The van der Waals surface area contributed by atoms with E-state index in [4.69, 9.17) is 10.4 Å². The first-order chi connectivity index (χ1) is 7.09. The van der Waals surface area contributed by atoms with E-state index in [1.54, 1.807) is 11.8 Å². The molecule has 1 N–H and O–H groups in total. The summed E-state index contributed by atoms with van der Waals surface area (Å²) >= 11 is 0. The Morgan fingerprint density at radius 1 is 1.73 bits per heavy atom. The molecule has 0 spiro atoms. The molecule has 0 bridgehead atoms. The molecule has 15 heavy (non-hydrogen) atoms. The molecule has 1 aliphatic heterocycles. The highest BCUT2D eigenvalue weighted by Gasteiger charge is 2.39. The second kappa shape index (κ2) is 4.63. The molecule has 4 nitrogen and oxygen atoms in total. The number of carbonyl (C=O) groups is 1. The predicted octanol–water partition coefficient (Wildman–Crippen LogP) is 0.910. The van der Waals surface area contributed by atoms with Gasteiger partial charge in [-0.3, -0.25) is 4.79 Å². The number of rotatable bonds is 3. The average molecular weight is 210 g/mol. The molecular weight excluding hydrogens is 192 g/mol. The highest BCUT2D eigenvalue weighted by Crippen LogP contribution is 2.28. The van der Waals surface area contributed by atoms with E-state index >= 15 is 0 Å². The molecule has 1 saturated heterocycles. The SMILES string of the molecule is CCC(C)(C#N)C(=O)N1CCCC1CO. The van der Waals surface area contributed by atoms with Crippen LogP contribution in [0, 0.1) is 16.7 Å². The lowest BCUT2D eigenvalue weighted by molar-refractivity contribution is -0.140. The van der Waals surface area contributed by atoms with E-state index in [1.807, 2.05) is 6.92 Å². The Labute approximate surface area is 90.5 Å². The van der Waals surface area contributed by atoms with Gasteiger partial charge < -0.3 is 10.0 Å². The lowest BCUT2D eigenvalue weighted by Crippen LogP contribution is -2.45. The minimum absolute atomic E-state index is 0.00301. The van der Waals surface area contributed by atoms with Gasteiger partial charge in [0, 0.05) is 6.54 Å². The minimum Gasteiger partial charge on any atom is -0.394 e. The first-order valence-corrected chi connectivity index (χ1v) is 5.42. The number of amides is 1. The molecule has 1 aliphatic rings. The van der Waals surface area contributed by atoms with Crippen molar-refractivity contribution in [3.05, 3.63) is 0 Å². The number of hydrogen-bond donors (Lipinski definition) is 1. The van der Waals surface area contributed by atoms with Crippen LogP contribution in [0.25, 0.3) is 0 Å². The molecule has 0 saturated carbocycles. The lowest BCUT2D eigenvalue weighted by Gasteiger charge is -2.29. The van der Waals surface area contributed by atoms with Crippen molar-refractivity contribution in [2.75, 3.05) is 13.2 Å². The van der Waals surface area contributed by atoms with E-state index < -0.39 is 5.41 Å². The smallest absolute Gasteiger partial charge is 0.243 e. The van der Waals surface area contributed by atoms with Gasteiger partial charge in [0.25, 0.3) is 0 Å². The monoisotopic (exact) mass is 210 g/mol.